The van der Waals surface area contributed by atoms with E-state index < -0.39 is 24.7 Å². The lowest BCUT2D eigenvalue weighted by atomic mass is 10.2. The second-order valence-electron chi connectivity index (χ2n) is 4.93. The van der Waals surface area contributed by atoms with Crippen LogP contribution in [-0.2, 0) is 0 Å². The molecule has 0 atom stereocenters. The molecule has 130 valence electrons. The summed E-state index contributed by atoms with van der Waals surface area (Å²) in [7, 11) is 0.813. The molecule has 1 N–H and O–H groups in total. The Balaban J connectivity index is 2.01. The maximum atomic E-state index is 12.9. The maximum Gasteiger partial charge on any atom is 0.455 e. The zero-order valence-corrected chi connectivity index (χ0v) is 12.3. The molecule has 0 bridgehead atoms. The summed E-state index contributed by atoms with van der Waals surface area (Å²) < 4.78 is 67.2. The van der Waals surface area contributed by atoms with Gasteiger partial charge in [-0.3, -0.25) is 5.32 Å². The Morgan fingerprint density at radius 3 is 2.42 bits per heavy atom. The molecule has 2 amide bonds. The average molecular weight is 349 g/mol. The molecule has 0 spiro atoms. The highest BCUT2D eigenvalue weighted by atomic mass is 19.4. The molecule has 0 saturated carbocycles. The molecule has 5 nitrogen and oxygen atoms in total. The highest BCUT2D eigenvalue weighted by Gasteiger charge is 2.58. The smallest absolute Gasteiger partial charge is 0.354 e. The maximum absolute atomic E-state index is 12.9. The predicted molar refractivity (Wildman–Crippen MR) is 74.6 cm³/mol. The summed E-state index contributed by atoms with van der Waals surface area (Å²) in [6.45, 7) is -1.81. The van der Waals surface area contributed by atoms with Gasteiger partial charge in [0.05, 0.1) is 6.54 Å². The Hall–Kier alpha value is -2.65. The van der Waals surface area contributed by atoms with Crippen molar-refractivity contribution < 1.29 is 31.3 Å². The number of rotatable bonds is 4. The van der Waals surface area contributed by atoms with E-state index >= 15 is 0 Å². The minimum atomic E-state index is -5.74. The van der Waals surface area contributed by atoms with Gasteiger partial charge in [0, 0.05) is 18.7 Å². The lowest BCUT2D eigenvalue weighted by Gasteiger charge is -2.25. The van der Waals surface area contributed by atoms with Crippen LogP contribution < -0.4 is 5.32 Å². The standard InChI is InChI=1S/C14H12F5N3O2/c1-22(8-13(15,16)14(17,18)19)12(23)20-11-7-10(24-21-11)9-5-3-2-4-6-9/h2-7H,8H2,1H3,(H,20,21,23). The predicted octanol–water partition coefficient (Wildman–Crippen LogP) is 4.00. The molecule has 24 heavy (non-hydrogen) atoms. The molecule has 10 heteroatoms. The van der Waals surface area contributed by atoms with E-state index in [-0.39, 0.29) is 10.7 Å². The molecule has 2 rings (SSSR count). The second-order valence-corrected chi connectivity index (χ2v) is 4.93. The van der Waals surface area contributed by atoms with Crippen LogP contribution in [0.25, 0.3) is 11.3 Å². The molecular weight excluding hydrogens is 337 g/mol. The van der Waals surface area contributed by atoms with Gasteiger partial charge < -0.3 is 9.42 Å². The van der Waals surface area contributed by atoms with E-state index in [1.54, 1.807) is 30.3 Å². The zero-order chi connectivity index (χ0) is 18.0. The average Bonchev–Trinajstić information content (AvgIpc) is 2.95. The monoisotopic (exact) mass is 349 g/mol. The highest BCUT2D eigenvalue weighted by Crippen LogP contribution is 2.35. The molecule has 1 aromatic heterocycles. The van der Waals surface area contributed by atoms with Crippen LogP contribution in [0.4, 0.5) is 32.6 Å². The Morgan fingerprint density at radius 1 is 1.21 bits per heavy atom. The number of amides is 2. The van der Waals surface area contributed by atoms with Crippen molar-refractivity contribution in [3.05, 3.63) is 36.4 Å². The summed E-state index contributed by atoms with van der Waals surface area (Å²) in [5.74, 6) is -4.83. The van der Waals surface area contributed by atoms with Gasteiger partial charge in [0.2, 0.25) is 0 Å². The van der Waals surface area contributed by atoms with Crippen LogP contribution in [0.2, 0.25) is 0 Å². The molecule has 0 aliphatic rings. The van der Waals surface area contributed by atoms with E-state index in [1.165, 1.54) is 6.07 Å². The van der Waals surface area contributed by atoms with Crippen molar-refractivity contribution in [3.63, 3.8) is 0 Å². The van der Waals surface area contributed by atoms with Crippen molar-refractivity contribution in [2.75, 3.05) is 18.9 Å². The van der Waals surface area contributed by atoms with Crippen molar-refractivity contribution in [1.82, 2.24) is 10.1 Å². The number of nitrogens with zero attached hydrogens (tertiary/aromatic N) is 2. The minimum absolute atomic E-state index is 0.110. The highest BCUT2D eigenvalue weighted by molar-refractivity contribution is 5.88. The first-order valence-corrected chi connectivity index (χ1v) is 6.59. The third-order valence-corrected chi connectivity index (χ3v) is 3.00. The molecule has 0 aliphatic heterocycles. The van der Waals surface area contributed by atoms with Crippen molar-refractivity contribution >= 4 is 11.8 Å². The first-order valence-electron chi connectivity index (χ1n) is 6.59. The van der Waals surface area contributed by atoms with Gasteiger partial charge in [-0.15, -0.1) is 0 Å². The number of carbonyl (C=O) groups is 1. The third-order valence-electron chi connectivity index (χ3n) is 3.00. The first kappa shape index (κ1) is 17.7. The van der Waals surface area contributed by atoms with Gasteiger partial charge in [-0.05, 0) is 0 Å². The Morgan fingerprint density at radius 2 is 1.83 bits per heavy atom. The third kappa shape index (κ3) is 4.00. The summed E-state index contributed by atoms with van der Waals surface area (Å²) >= 11 is 0. The lowest BCUT2D eigenvalue weighted by Crippen LogP contribution is -2.48. The van der Waals surface area contributed by atoms with Gasteiger partial charge in [-0.1, -0.05) is 35.5 Å². The van der Waals surface area contributed by atoms with E-state index in [9.17, 15) is 26.7 Å². The number of anilines is 1. The number of hydrogen-bond acceptors (Lipinski definition) is 3. The van der Waals surface area contributed by atoms with E-state index in [1.807, 2.05) is 0 Å². The van der Waals surface area contributed by atoms with Gasteiger partial charge >= 0.3 is 18.1 Å². The number of carbonyl (C=O) groups excluding carboxylic acids is 1. The summed E-state index contributed by atoms with van der Waals surface area (Å²) in [4.78, 5) is 11.9. The number of urea groups is 1. The molecule has 0 unspecified atom stereocenters. The van der Waals surface area contributed by atoms with Gasteiger partial charge in [-0.2, -0.15) is 22.0 Å². The van der Waals surface area contributed by atoms with Crippen LogP contribution in [0.15, 0.2) is 40.9 Å². The minimum Gasteiger partial charge on any atom is -0.354 e. The number of alkyl halides is 5. The molecule has 1 heterocycles. The quantitative estimate of drug-likeness (QED) is 0.849. The van der Waals surface area contributed by atoms with Crippen molar-refractivity contribution in [3.8, 4) is 11.3 Å². The molecule has 0 radical (unpaired) electrons. The van der Waals surface area contributed by atoms with Crippen LogP contribution in [0.5, 0.6) is 0 Å². The van der Waals surface area contributed by atoms with Crippen molar-refractivity contribution in [2.45, 2.75) is 12.1 Å². The largest absolute Gasteiger partial charge is 0.455 e. The van der Waals surface area contributed by atoms with E-state index in [0.29, 0.717) is 11.3 Å². The Labute approximate surface area is 133 Å². The Kier molecular flexibility index (Phi) is 4.76. The molecule has 0 aliphatic carbocycles. The number of aromatic nitrogens is 1. The summed E-state index contributed by atoms with van der Waals surface area (Å²) in [5, 5.41) is 5.60. The van der Waals surface area contributed by atoms with Crippen LogP contribution in [-0.4, -0.2) is 41.8 Å². The molecule has 2 aromatic rings. The van der Waals surface area contributed by atoms with Crippen LogP contribution in [0.3, 0.4) is 0 Å². The Bertz CT molecular complexity index is 700. The van der Waals surface area contributed by atoms with Crippen LogP contribution in [0, 0.1) is 0 Å². The van der Waals surface area contributed by atoms with Gasteiger partial charge in [0.1, 0.15) is 0 Å². The zero-order valence-electron chi connectivity index (χ0n) is 12.3. The summed E-state index contributed by atoms with van der Waals surface area (Å²) in [6, 6.07) is 8.82. The number of benzene rings is 1. The molecule has 0 fully saturated rings. The fraction of sp³-hybridized carbons (Fsp3) is 0.286. The second kappa shape index (κ2) is 6.46. The van der Waals surface area contributed by atoms with Gasteiger partial charge in [0.15, 0.2) is 11.6 Å². The summed E-state index contributed by atoms with van der Waals surface area (Å²) in [5.41, 5.74) is 0.655. The molecule has 0 saturated heterocycles. The number of hydrogen-bond donors (Lipinski definition) is 1. The van der Waals surface area contributed by atoms with E-state index in [0.717, 1.165) is 7.05 Å². The lowest BCUT2D eigenvalue weighted by molar-refractivity contribution is -0.283. The van der Waals surface area contributed by atoms with Crippen molar-refractivity contribution in [1.29, 1.82) is 0 Å². The SMILES string of the molecule is CN(CC(F)(F)C(F)(F)F)C(=O)Nc1cc(-c2ccccc2)on1. The number of nitrogens with one attached hydrogen (secondary N) is 1. The van der Waals surface area contributed by atoms with Gasteiger partial charge in [-0.25, -0.2) is 4.79 Å². The van der Waals surface area contributed by atoms with Crippen molar-refractivity contribution in [2.24, 2.45) is 0 Å². The first-order chi connectivity index (χ1) is 11.1. The summed E-state index contributed by atoms with van der Waals surface area (Å²) in [6.07, 6.45) is -5.74. The van der Waals surface area contributed by atoms with E-state index in [4.69, 9.17) is 4.52 Å². The van der Waals surface area contributed by atoms with Crippen LogP contribution >= 0.6 is 0 Å². The fourth-order valence-electron chi connectivity index (χ4n) is 1.74. The normalized spacial score (nSPS) is 12.1. The topological polar surface area (TPSA) is 58.4 Å². The van der Waals surface area contributed by atoms with E-state index in [2.05, 4.69) is 10.5 Å². The van der Waals surface area contributed by atoms with Gasteiger partial charge in [0.25, 0.3) is 0 Å². The number of halogens is 5. The van der Waals surface area contributed by atoms with Crippen LogP contribution in [0.1, 0.15) is 0 Å². The fourth-order valence-corrected chi connectivity index (χ4v) is 1.74. The molecule has 1 aromatic carbocycles. The molecular formula is C14H12F5N3O2.